The average Bonchev–Trinajstić information content (AvgIpc) is 3.20. The van der Waals surface area contributed by atoms with Crippen LogP contribution in [0.5, 0.6) is 0 Å². The Kier molecular flexibility index (Phi) is 6.67. The Labute approximate surface area is 181 Å². The van der Waals surface area contributed by atoms with Gasteiger partial charge in [0.1, 0.15) is 10.7 Å². The molecule has 5 nitrogen and oxygen atoms in total. The molecule has 30 heavy (non-hydrogen) atoms. The van der Waals surface area contributed by atoms with Crippen molar-refractivity contribution in [3.63, 3.8) is 0 Å². The van der Waals surface area contributed by atoms with Gasteiger partial charge < -0.3 is 10.2 Å². The number of aromatic nitrogens is 1. The van der Waals surface area contributed by atoms with Crippen LogP contribution in [0.3, 0.4) is 0 Å². The first-order valence-electron chi connectivity index (χ1n) is 9.96. The third-order valence-corrected chi connectivity index (χ3v) is 5.89. The number of likely N-dealkylation sites (N-methyl/N-ethyl adjacent to an activating group) is 1. The SMILES string of the molecule is CCc1ccc(-c2nc(C(=O)N(C)CC(=O)Nc3c(C)cc(C)cc3C)cs2)cc1. The summed E-state index contributed by atoms with van der Waals surface area (Å²) < 4.78 is 0. The Morgan fingerprint density at radius 1 is 1.07 bits per heavy atom. The number of anilines is 1. The number of nitrogens with zero attached hydrogens (tertiary/aromatic N) is 2. The first-order valence-corrected chi connectivity index (χ1v) is 10.8. The summed E-state index contributed by atoms with van der Waals surface area (Å²) in [6.07, 6.45) is 0.983. The molecule has 0 radical (unpaired) electrons. The van der Waals surface area contributed by atoms with E-state index < -0.39 is 0 Å². The Bertz CT molecular complexity index is 1050. The molecule has 0 aliphatic rings. The van der Waals surface area contributed by atoms with Crippen LogP contribution in [-0.4, -0.2) is 35.3 Å². The van der Waals surface area contributed by atoms with Crippen molar-refractivity contribution in [3.8, 4) is 10.6 Å². The van der Waals surface area contributed by atoms with Gasteiger partial charge in [0, 0.05) is 23.7 Å². The van der Waals surface area contributed by atoms with Crippen LogP contribution in [0.15, 0.2) is 41.8 Å². The highest BCUT2D eigenvalue weighted by atomic mass is 32.1. The molecule has 0 aliphatic carbocycles. The maximum absolute atomic E-state index is 12.7. The molecule has 0 atom stereocenters. The molecule has 3 aromatic rings. The van der Waals surface area contributed by atoms with Crippen LogP contribution < -0.4 is 5.32 Å². The van der Waals surface area contributed by atoms with E-state index in [-0.39, 0.29) is 18.4 Å². The quantitative estimate of drug-likeness (QED) is 0.609. The van der Waals surface area contributed by atoms with Crippen molar-refractivity contribution in [1.82, 2.24) is 9.88 Å². The zero-order chi connectivity index (χ0) is 21.8. The minimum atomic E-state index is -0.268. The predicted octanol–water partition coefficient (Wildman–Crippen LogP) is 5.01. The number of benzene rings is 2. The first-order chi connectivity index (χ1) is 14.3. The molecule has 156 valence electrons. The van der Waals surface area contributed by atoms with E-state index in [1.54, 1.807) is 12.4 Å². The molecule has 0 aliphatic heterocycles. The van der Waals surface area contributed by atoms with Crippen LogP contribution >= 0.6 is 11.3 Å². The van der Waals surface area contributed by atoms with Crippen LogP contribution in [0.2, 0.25) is 0 Å². The smallest absolute Gasteiger partial charge is 0.273 e. The molecule has 1 heterocycles. The fourth-order valence-corrected chi connectivity index (χ4v) is 4.23. The molecule has 3 rings (SSSR count). The topological polar surface area (TPSA) is 62.3 Å². The minimum absolute atomic E-state index is 0.0380. The molecule has 0 fully saturated rings. The predicted molar refractivity (Wildman–Crippen MR) is 123 cm³/mol. The zero-order valence-corrected chi connectivity index (χ0v) is 18.9. The van der Waals surface area contributed by atoms with Gasteiger partial charge in [-0.1, -0.05) is 48.9 Å². The van der Waals surface area contributed by atoms with Crippen molar-refractivity contribution in [1.29, 1.82) is 0 Å². The highest BCUT2D eigenvalue weighted by Gasteiger charge is 2.19. The van der Waals surface area contributed by atoms with E-state index in [0.717, 1.165) is 39.4 Å². The van der Waals surface area contributed by atoms with E-state index in [0.29, 0.717) is 5.69 Å². The van der Waals surface area contributed by atoms with Gasteiger partial charge in [0.05, 0.1) is 6.54 Å². The summed E-state index contributed by atoms with van der Waals surface area (Å²) in [7, 11) is 1.62. The van der Waals surface area contributed by atoms with Crippen LogP contribution in [0.25, 0.3) is 10.6 Å². The molecular weight excluding hydrogens is 394 g/mol. The van der Waals surface area contributed by atoms with Crippen molar-refractivity contribution < 1.29 is 9.59 Å². The van der Waals surface area contributed by atoms with E-state index in [1.165, 1.54) is 21.8 Å². The van der Waals surface area contributed by atoms with Crippen molar-refractivity contribution in [2.45, 2.75) is 34.1 Å². The van der Waals surface area contributed by atoms with Gasteiger partial charge >= 0.3 is 0 Å². The summed E-state index contributed by atoms with van der Waals surface area (Å²) in [5.74, 6) is -0.498. The lowest BCUT2D eigenvalue weighted by Gasteiger charge is -2.17. The number of amides is 2. The summed E-state index contributed by atoms with van der Waals surface area (Å²) in [6.45, 7) is 8.03. The summed E-state index contributed by atoms with van der Waals surface area (Å²) in [5, 5.41) is 5.47. The third-order valence-electron chi connectivity index (χ3n) is 5.00. The van der Waals surface area contributed by atoms with E-state index in [4.69, 9.17) is 0 Å². The van der Waals surface area contributed by atoms with Gasteiger partial charge in [-0.2, -0.15) is 0 Å². The average molecular weight is 422 g/mol. The van der Waals surface area contributed by atoms with Gasteiger partial charge in [0.25, 0.3) is 5.91 Å². The second-order valence-electron chi connectivity index (χ2n) is 7.57. The minimum Gasteiger partial charge on any atom is -0.331 e. The molecular formula is C24H27N3O2S. The van der Waals surface area contributed by atoms with Crippen molar-refractivity contribution in [3.05, 3.63) is 69.7 Å². The molecule has 6 heteroatoms. The number of hydrogen-bond acceptors (Lipinski definition) is 4. The van der Waals surface area contributed by atoms with Gasteiger partial charge in [0.15, 0.2) is 0 Å². The van der Waals surface area contributed by atoms with Crippen LogP contribution in [-0.2, 0) is 11.2 Å². The highest BCUT2D eigenvalue weighted by Crippen LogP contribution is 2.25. The second-order valence-corrected chi connectivity index (χ2v) is 8.43. The van der Waals surface area contributed by atoms with Crippen molar-refractivity contribution in [2.24, 2.45) is 0 Å². The lowest BCUT2D eigenvalue weighted by Crippen LogP contribution is -2.35. The monoisotopic (exact) mass is 421 g/mol. The van der Waals surface area contributed by atoms with Crippen molar-refractivity contribution >= 4 is 28.8 Å². The van der Waals surface area contributed by atoms with Gasteiger partial charge in [0.2, 0.25) is 5.91 Å². The highest BCUT2D eigenvalue weighted by molar-refractivity contribution is 7.13. The molecule has 0 unspecified atom stereocenters. The number of rotatable bonds is 6. The largest absolute Gasteiger partial charge is 0.331 e. The number of carbonyl (C=O) groups excluding carboxylic acids is 2. The number of aryl methyl sites for hydroxylation is 4. The molecule has 0 spiro atoms. The summed E-state index contributed by atoms with van der Waals surface area (Å²) in [6, 6.07) is 12.3. The van der Waals surface area contributed by atoms with Crippen LogP contribution in [0.1, 0.15) is 39.7 Å². The maximum atomic E-state index is 12.7. The van der Waals surface area contributed by atoms with E-state index >= 15 is 0 Å². The van der Waals surface area contributed by atoms with E-state index in [1.807, 2.05) is 45.0 Å². The normalized spacial score (nSPS) is 10.7. The molecule has 0 saturated heterocycles. The Morgan fingerprint density at radius 3 is 2.30 bits per heavy atom. The third kappa shape index (κ3) is 4.94. The Hall–Kier alpha value is -2.99. The lowest BCUT2D eigenvalue weighted by atomic mass is 10.1. The van der Waals surface area contributed by atoms with Gasteiger partial charge in [-0.25, -0.2) is 4.98 Å². The van der Waals surface area contributed by atoms with Crippen LogP contribution in [0.4, 0.5) is 5.69 Å². The van der Waals surface area contributed by atoms with Gasteiger partial charge in [-0.05, 0) is 43.9 Å². The molecule has 1 aromatic heterocycles. The van der Waals surface area contributed by atoms with Crippen molar-refractivity contribution in [2.75, 3.05) is 18.9 Å². The van der Waals surface area contributed by atoms with E-state index in [2.05, 4.69) is 29.4 Å². The van der Waals surface area contributed by atoms with Gasteiger partial charge in [-0.3, -0.25) is 9.59 Å². The second kappa shape index (κ2) is 9.22. The summed E-state index contributed by atoms with van der Waals surface area (Å²) in [5.41, 5.74) is 6.57. The fourth-order valence-electron chi connectivity index (χ4n) is 3.43. The number of hydrogen-bond donors (Lipinski definition) is 1. The number of thiazole rings is 1. The van der Waals surface area contributed by atoms with Crippen LogP contribution in [0, 0.1) is 20.8 Å². The lowest BCUT2D eigenvalue weighted by molar-refractivity contribution is -0.116. The Balaban J connectivity index is 1.66. The van der Waals surface area contributed by atoms with E-state index in [9.17, 15) is 9.59 Å². The summed E-state index contributed by atoms with van der Waals surface area (Å²) >= 11 is 1.43. The molecule has 2 amide bonds. The summed E-state index contributed by atoms with van der Waals surface area (Å²) in [4.78, 5) is 31.1. The first kappa shape index (κ1) is 21.7. The maximum Gasteiger partial charge on any atom is 0.273 e. The fraction of sp³-hybridized carbons (Fsp3) is 0.292. The molecule has 0 saturated carbocycles. The molecule has 0 bridgehead atoms. The number of nitrogens with one attached hydrogen (secondary N) is 1. The van der Waals surface area contributed by atoms with Gasteiger partial charge in [-0.15, -0.1) is 11.3 Å². The molecule has 2 aromatic carbocycles. The number of carbonyl (C=O) groups is 2. The Morgan fingerprint density at radius 2 is 1.70 bits per heavy atom. The molecule has 1 N–H and O–H groups in total. The standard InChI is InChI=1S/C24H27N3O2S/c1-6-18-7-9-19(10-8-18)23-25-20(14-30-23)24(29)27(5)13-21(28)26-22-16(3)11-15(2)12-17(22)4/h7-12,14H,6,13H2,1-5H3,(H,26,28). The zero-order valence-electron chi connectivity index (χ0n) is 18.1.